The number of hydrogen-bond donors (Lipinski definition) is 1. The third kappa shape index (κ3) is 2.17. The molecule has 0 spiro atoms. The van der Waals surface area contributed by atoms with Gasteiger partial charge in [-0.3, -0.25) is 0 Å². The predicted octanol–water partition coefficient (Wildman–Crippen LogP) is 3.26. The van der Waals surface area contributed by atoms with Gasteiger partial charge in [-0.25, -0.2) is 0 Å². The number of halogens is 3. The van der Waals surface area contributed by atoms with E-state index in [1.165, 1.54) is 14.2 Å². The van der Waals surface area contributed by atoms with Crippen LogP contribution >= 0.6 is 34.8 Å². The van der Waals surface area contributed by atoms with E-state index in [0.29, 0.717) is 0 Å². The Bertz CT molecular complexity index is 514. The summed E-state index contributed by atoms with van der Waals surface area (Å²) >= 11 is 18.9. The second kappa shape index (κ2) is 5.84. The molecule has 0 aromatic heterocycles. The molecule has 110 valence electrons. The van der Waals surface area contributed by atoms with Gasteiger partial charge in [-0.05, 0) is 5.56 Å². The van der Waals surface area contributed by atoms with Crippen LogP contribution in [0.5, 0.6) is 0 Å². The molecule has 2 unspecified atom stereocenters. The molecule has 0 saturated carbocycles. The molecule has 3 nitrogen and oxygen atoms in total. The van der Waals surface area contributed by atoms with Gasteiger partial charge in [0, 0.05) is 20.6 Å². The smallest absolute Gasteiger partial charge is 0.229 e. The Hall–Kier alpha value is -0.290. The first-order chi connectivity index (χ1) is 9.43. The summed E-state index contributed by atoms with van der Waals surface area (Å²) in [5, 5.41) is 10.5. The van der Waals surface area contributed by atoms with Gasteiger partial charge < -0.3 is 14.6 Å². The summed E-state index contributed by atoms with van der Waals surface area (Å²) < 4.78 is 10.8. The number of ether oxygens (including phenoxy) is 2. The van der Waals surface area contributed by atoms with Crippen LogP contribution in [0.25, 0.3) is 0 Å². The fourth-order valence-electron chi connectivity index (χ4n) is 2.55. The van der Waals surface area contributed by atoms with Crippen LogP contribution in [0, 0.1) is 0 Å². The Labute approximate surface area is 133 Å². The van der Waals surface area contributed by atoms with Gasteiger partial charge in [0.25, 0.3) is 0 Å². The zero-order chi connectivity index (χ0) is 15.0. The molecule has 0 aliphatic heterocycles. The molecule has 0 radical (unpaired) electrons. The summed E-state index contributed by atoms with van der Waals surface area (Å²) in [7, 11) is 2.83. The number of aliphatic hydroxyl groups is 1. The first kappa shape index (κ1) is 16.1. The summed E-state index contributed by atoms with van der Waals surface area (Å²) in [4.78, 5) is -1.34. The van der Waals surface area contributed by atoms with E-state index in [2.05, 4.69) is 0 Å². The molecular formula is C14H15Cl3O3. The molecule has 20 heavy (non-hydrogen) atoms. The van der Waals surface area contributed by atoms with Crippen LogP contribution in [0.4, 0.5) is 0 Å². The summed E-state index contributed by atoms with van der Waals surface area (Å²) in [6.07, 6.45) is -0.900. The van der Waals surface area contributed by atoms with Crippen molar-refractivity contribution in [3.63, 3.8) is 0 Å². The lowest BCUT2D eigenvalue weighted by atomic mass is 9.90. The Kier molecular flexibility index (Phi) is 4.69. The van der Waals surface area contributed by atoms with Crippen LogP contribution in [0.3, 0.4) is 0 Å². The Balaban J connectivity index is 2.47. The van der Waals surface area contributed by atoms with E-state index < -0.39 is 16.8 Å². The van der Waals surface area contributed by atoms with E-state index >= 15 is 0 Å². The molecule has 1 aromatic carbocycles. The van der Waals surface area contributed by atoms with Crippen LogP contribution in [-0.2, 0) is 15.9 Å². The number of aliphatic hydroxyl groups excluding tert-OH is 1. The van der Waals surface area contributed by atoms with Gasteiger partial charge in [0.05, 0.1) is 10.1 Å². The normalized spacial score (nSPS) is 29.0. The number of methoxy groups -OCH3 is 2. The molecule has 6 heteroatoms. The average molecular weight is 338 g/mol. The van der Waals surface area contributed by atoms with Crippen LogP contribution in [0.1, 0.15) is 5.56 Å². The SMILES string of the molecule is COC1(OC)C(Cl)=C(Cl)C(O)C1(Cl)Cc1ccccc1. The van der Waals surface area contributed by atoms with E-state index in [0.717, 1.165) is 5.56 Å². The van der Waals surface area contributed by atoms with E-state index in [9.17, 15) is 5.11 Å². The van der Waals surface area contributed by atoms with E-state index in [1.54, 1.807) is 0 Å². The highest BCUT2D eigenvalue weighted by Crippen LogP contribution is 2.54. The third-order valence-electron chi connectivity index (χ3n) is 3.60. The van der Waals surface area contributed by atoms with Crippen molar-refractivity contribution >= 4 is 34.8 Å². The molecule has 2 rings (SSSR count). The fraction of sp³-hybridized carbons (Fsp3) is 0.429. The van der Waals surface area contributed by atoms with Crippen molar-refractivity contribution in [1.82, 2.24) is 0 Å². The molecular weight excluding hydrogens is 323 g/mol. The molecule has 0 heterocycles. The summed E-state index contributed by atoms with van der Waals surface area (Å²) in [5.41, 5.74) is 0.913. The second-order valence-corrected chi connectivity index (χ2v) is 6.07. The van der Waals surface area contributed by atoms with Crippen LogP contribution in [0.2, 0.25) is 0 Å². The van der Waals surface area contributed by atoms with Gasteiger partial charge in [0.15, 0.2) is 0 Å². The number of rotatable bonds is 4. The van der Waals surface area contributed by atoms with Crippen molar-refractivity contribution < 1.29 is 14.6 Å². The van der Waals surface area contributed by atoms with Crippen molar-refractivity contribution in [2.75, 3.05) is 14.2 Å². The average Bonchev–Trinajstić information content (AvgIpc) is 2.60. The van der Waals surface area contributed by atoms with Crippen LogP contribution in [-0.4, -0.2) is 36.1 Å². The molecule has 1 aliphatic carbocycles. The third-order valence-corrected chi connectivity index (χ3v) is 5.13. The number of alkyl halides is 1. The predicted molar refractivity (Wildman–Crippen MR) is 80.2 cm³/mol. The minimum Gasteiger partial charge on any atom is -0.385 e. The summed E-state index contributed by atoms with van der Waals surface area (Å²) in [6.45, 7) is 0. The molecule has 0 bridgehead atoms. The molecule has 0 saturated heterocycles. The maximum atomic E-state index is 10.4. The van der Waals surface area contributed by atoms with Gasteiger partial charge in [-0.15, -0.1) is 11.6 Å². The molecule has 1 N–H and O–H groups in total. The lowest BCUT2D eigenvalue weighted by Gasteiger charge is -2.41. The van der Waals surface area contributed by atoms with Gasteiger partial charge in [0.2, 0.25) is 5.79 Å². The minimum absolute atomic E-state index is 0.0429. The standard InChI is InChI=1S/C14H15Cl3O3/c1-19-14(20-2)11(16)10(15)12(18)13(14,17)8-9-6-4-3-5-7-9/h3-7,12,18H,8H2,1-2H3. The number of hydrogen-bond acceptors (Lipinski definition) is 3. The monoisotopic (exact) mass is 336 g/mol. The van der Waals surface area contributed by atoms with Crippen LogP contribution in [0.15, 0.2) is 40.4 Å². The van der Waals surface area contributed by atoms with Gasteiger partial charge >= 0.3 is 0 Å². The largest absolute Gasteiger partial charge is 0.385 e. The Morgan fingerprint density at radius 2 is 1.70 bits per heavy atom. The van der Waals surface area contributed by atoms with Crippen molar-refractivity contribution in [3.05, 3.63) is 46.0 Å². The molecule has 0 fully saturated rings. The highest BCUT2D eigenvalue weighted by Gasteiger charge is 2.65. The maximum absolute atomic E-state index is 10.4. The Morgan fingerprint density at radius 1 is 1.15 bits per heavy atom. The maximum Gasteiger partial charge on any atom is 0.229 e. The zero-order valence-electron chi connectivity index (χ0n) is 11.1. The first-order valence-corrected chi connectivity index (χ1v) is 7.13. The molecule has 1 aromatic rings. The van der Waals surface area contributed by atoms with Crippen molar-refractivity contribution in [1.29, 1.82) is 0 Å². The summed E-state index contributed by atoms with van der Waals surface area (Å²) in [6, 6.07) is 9.46. The van der Waals surface area contributed by atoms with Crippen molar-refractivity contribution in [2.45, 2.75) is 23.2 Å². The lowest BCUT2D eigenvalue weighted by Crippen LogP contribution is -2.57. The van der Waals surface area contributed by atoms with Crippen molar-refractivity contribution in [2.24, 2.45) is 0 Å². The quantitative estimate of drug-likeness (QED) is 0.677. The summed E-state index contributed by atoms with van der Waals surface area (Å²) in [5.74, 6) is -1.48. The second-order valence-electron chi connectivity index (χ2n) is 4.61. The number of benzene rings is 1. The van der Waals surface area contributed by atoms with Gasteiger partial charge in [-0.1, -0.05) is 53.5 Å². The lowest BCUT2D eigenvalue weighted by molar-refractivity contribution is -0.202. The highest BCUT2D eigenvalue weighted by molar-refractivity contribution is 6.43. The van der Waals surface area contributed by atoms with Gasteiger partial charge in [0.1, 0.15) is 11.0 Å². The van der Waals surface area contributed by atoms with E-state index in [1.807, 2.05) is 30.3 Å². The van der Waals surface area contributed by atoms with Gasteiger partial charge in [-0.2, -0.15) is 0 Å². The Morgan fingerprint density at radius 3 is 2.20 bits per heavy atom. The first-order valence-electron chi connectivity index (χ1n) is 6.00. The van der Waals surface area contributed by atoms with E-state index in [4.69, 9.17) is 44.3 Å². The molecule has 0 amide bonds. The molecule has 2 atom stereocenters. The van der Waals surface area contributed by atoms with Crippen LogP contribution < -0.4 is 0 Å². The zero-order valence-corrected chi connectivity index (χ0v) is 13.3. The fourth-order valence-corrected chi connectivity index (χ4v) is 3.90. The van der Waals surface area contributed by atoms with E-state index in [-0.39, 0.29) is 16.5 Å². The molecule has 1 aliphatic rings. The van der Waals surface area contributed by atoms with Crippen molar-refractivity contribution in [3.8, 4) is 0 Å². The topological polar surface area (TPSA) is 38.7 Å². The highest BCUT2D eigenvalue weighted by atomic mass is 35.5. The minimum atomic E-state index is -1.48.